The van der Waals surface area contributed by atoms with E-state index in [2.05, 4.69) is 31.2 Å². The van der Waals surface area contributed by atoms with E-state index in [9.17, 15) is 5.11 Å². The van der Waals surface area contributed by atoms with Crippen LogP contribution in [-0.2, 0) is 11.2 Å². The molecular formula is C19H31NO2. The molecule has 0 amide bonds. The predicted octanol–water partition coefficient (Wildman–Crippen LogP) is 3.39. The van der Waals surface area contributed by atoms with Crippen LogP contribution in [0.3, 0.4) is 0 Å². The highest BCUT2D eigenvalue weighted by atomic mass is 16.5. The van der Waals surface area contributed by atoms with Crippen LogP contribution in [-0.4, -0.2) is 30.5 Å². The number of unbranched alkanes of at least 4 members (excludes halogenated alkanes) is 1. The molecule has 0 radical (unpaired) electrons. The summed E-state index contributed by atoms with van der Waals surface area (Å²) >= 11 is 0. The summed E-state index contributed by atoms with van der Waals surface area (Å²) in [6.45, 7) is 4.03. The number of nitrogens with two attached hydrogens (primary N) is 1. The van der Waals surface area contributed by atoms with Crippen molar-refractivity contribution in [3.8, 4) is 0 Å². The molecule has 0 bridgehead atoms. The Morgan fingerprint density at radius 1 is 1.23 bits per heavy atom. The van der Waals surface area contributed by atoms with Crippen molar-refractivity contribution < 1.29 is 9.84 Å². The van der Waals surface area contributed by atoms with E-state index in [0.717, 1.165) is 51.7 Å². The molecule has 1 aromatic carbocycles. The van der Waals surface area contributed by atoms with Crippen molar-refractivity contribution in [1.82, 2.24) is 0 Å². The lowest BCUT2D eigenvalue weighted by atomic mass is 9.93. The Labute approximate surface area is 134 Å². The monoisotopic (exact) mass is 305 g/mol. The molecule has 3 N–H and O–H groups in total. The number of rotatable bonds is 9. The Hall–Kier alpha value is -0.900. The van der Waals surface area contributed by atoms with Crippen LogP contribution in [0.1, 0.15) is 62.5 Å². The number of ether oxygens (including phenoxy) is 1. The van der Waals surface area contributed by atoms with Gasteiger partial charge < -0.3 is 15.6 Å². The first-order chi connectivity index (χ1) is 10.7. The standard InChI is InChI=1S/C19H31NO2/c1-2-3-12-22-13-4-5-16-6-8-17(9-7-16)18-10-11-19(20,14-18)15-21/h6-9,18,21H,2-5,10-15,20H2,1H3/t18-,19-/m1/s1. The first kappa shape index (κ1) is 17.5. The van der Waals surface area contributed by atoms with Gasteiger partial charge in [-0.05, 0) is 55.6 Å². The summed E-state index contributed by atoms with van der Waals surface area (Å²) in [5.41, 5.74) is 8.55. The Balaban J connectivity index is 1.74. The first-order valence-electron chi connectivity index (χ1n) is 8.73. The number of hydrogen-bond acceptors (Lipinski definition) is 3. The van der Waals surface area contributed by atoms with Gasteiger partial charge >= 0.3 is 0 Å². The highest BCUT2D eigenvalue weighted by molar-refractivity contribution is 5.27. The van der Waals surface area contributed by atoms with Gasteiger partial charge in [0.15, 0.2) is 0 Å². The average Bonchev–Trinajstić information content (AvgIpc) is 2.94. The first-order valence-corrected chi connectivity index (χ1v) is 8.73. The van der Waals surface area contributed by atoms with E-state index in [1.165, 1.54) is 17.5 Å². The molecular weight excluding hydrogens is 274 g/mol. The van der Waals surface area contributed by atoms with E-state index in [-0.39, 0.29) is 12.1 Å². The van der Waals surface area contributed by atoms with Crippen LogP contribution in [0, 0.1) is 0 Å². The second kappa shape index (κ2) is 8.66. The molecule has 0 unspecified atom stereocenters. The van der Waals surface area contributed by atoms with E-state index >= 15 is 0 Å². The molecule has 1 saturated carbocycles. The number of aryl methyl sites for hydroxylation is 1. The summed E-state index contributed by atoms with van der Waals surface area (Å²) in [5, 5.41) is 9.37. The topological polar surface area (TPSA) is 55.5 Å². The zero-order valence-electron chi connectivity index (χ0n) is 13.9. The van der Waals surface area contributed by atoms with Gasteiger partial charge in [-0.3, -0.25) is 0 Å². The van der Waals surface area contributed by atoms with Crippen molar-refractivity contribution in [2.75, 3.05) is 19.8 Å². The Morgan fingerprint density at radius 2 is 1.95 bits per heavy atom. The van der Waals surface area contributed by atoms with Gasteiger partial charge in [0.1, 0.15) is 0 Å². The van der Waals surface area contributed by atoms with Gasteiger partial charge in [-0.1, -0.05) is 37.6 Å². The van der Waals surface area contributed by atoms with Crippen LogP contribution in [0.5, 0.6) is 0 Å². The molecule has 124 valence electrons. The number of hydrogen-bond donors (Lipinski definition) is 2. The molecule has 0 aromatic heterocycles. The molecule has 1 aliphatic carbocycles. The van der Waals surface area contributed by atoms with Gasteiger partial charge in [0.25, 0.3) is 0 Å². The lowest BCUT2D eigenvalue weighted by Crippen LogP contribution is -2.40. The molecule has 22 heavy (non-hydrogen) atoms. The molecule has 0 spiro atoms. The lowest BCUT2D eigenvalue weighted by Gasteiger charge is -2.21. The third-order valence-corrected chi connectivity index (χ3v) is 4.81. The summed E-state index contributed by atoms with van der Waals surface area (Å²) in [7, 11) is 0. The van der Waals surface area contributed by atoms with Gasteiger partial charge in [-0.2, -0.15) is 0 Å². The Bertz CT molecular complexity index is 432. The highest BCUT2D eigenvalue weighted by Crippen LogP contribution is 2.39. The molecule has 2 atom stereocenters. The summed E-state index contributed by atoms with van der Waals surface area (Å²) < 4.78 is 5.60. The Kier molecular flexibility index (Phi) is 6.87. The van der Waals surface area contributed by atoms with E-state index in [1.54, 1.807) is 0 Å². The summed E-state index contributed by atoms with van der Waals surface area (Å²) in [5.74, 6) is 0.503. The van der Waals surface area contributed by atoms with Crippen LogP contribution in [0.15, 0.2) is 24.3 Å². The third-order valence-electron chi connectivity index (χ3n) is 4.81. The normalized spacial score (nSPS) is 24.8. The van der Waals surface area contributed by atoms with Crippen LogP contribution >= 0.6 is 0 Å². The molecule has 1 aliphatic rings. The van der Waals surface area contributed by atoms with Crippen LogP contribution in [0.2, 0.25) is 0 Å². The zero-order valence-corrected chi connectivity index (χ0v) is 13.9. The average molecular weight is 305 g/mol. The van der Waals surface area contributed by atoms with Gasteiger partial charge in [-0.25, -0.2) is 0 Å². The van der Waals surface area contributed by atoms with Gasteiger partial charge in [0, 0.05) is 18.8 Å². The fourth-order valence-corrected chi connectivity index (χ4v) is 3.27. The highest BCUT2D eigenvalue weighted by Gasteiger charge is 2.35. The van der Waals surface area contributed by atoms with E-state index in [4.69, 9.17) is 10.5 Å². The summed E-state index contributed by atoms with van der Waals surface area (Å²) in [4.78, 5) is 0. The number of aliphatic hydroxyl groups is 1. The van der Waals surface area contributed by atoms with Gasteiger partial charge in [0.2, 0.25) is 0 Å². The van der Waals surface area contributed by atoms with E-state index in [1.807, 2.05) is 0 Å². The van der Waals surface area contributed by atoms with Crippen molar-refractivity contribution in [3.05, 3.63) is 35.4 Å². The molecule has 0 saturated heterocycles. The molecule has 3 nitrogen and oxygen atoms in total. The maximum atomic E-state index is 9.37. The molecule has 1 aromatic rings. The van der Waals surface area contributed by atoms with Crippen molar-refractivity contribution in [2.45, 2.75) is 63.3 Å². The number of aliphatic hydroxyl groups excluding tert-OH is 1. The fourth-order valence-electron chi connectivity index (χ4n) is 3.27. The largest absolute Gasteiger partial charge is 0.394 e. The maximum absolute atomic E-state index is 9.37. The van der Waals surface area contributed by atoms with Crippen molar-refractivity contribution in [2.24, 2.45) is 5.73 Å². The molecule has 1 fully saturated rings. The van der Waals surface area contributed by atoms with Crippen LogP contribution in [0.4, 0.5) is 0 Å². The number of benzene rings is 1. The minimum absolute atomic E-state index is 0.0968. The van der Waals surface area contributed by atoms with Crippen molar-refractivity contribution in [1.29, 1.82) is 0 Å². The van der Waals surface area contributed by atoms with E-state index in [0.29, 0.717) is 5.92 Å². The smallest absolute Gasteiger partial charge is 0.0611 e. The Morgan fingerprint density at radius 3 is 2.59 bits per heavy atom. The quantitative estimate of drug-likeness (QED) is 0.688. The second-order valence-corrected chi connectivity index (χ2v) is 6.77. The molecule has 3 heteroatoms. The minimum atomic E-state index is -0.362. The maximum Gasteiger partial charge on any atom is 0.0611 e. The molecule has 0 aliphatic heterocycles. The molecule has 0 heterocycles. The minimum Gasteiger partial charge on any atom is -0.394 e. The fraction of sp³-hybridized carbons (Fsp3) is 0.684. The molecule has 2 rings (SSSR count). The van der Waals surface area contributed by atoms with Crippen molar-refractivity contribution in [3.63, 3.8) is 0 Å². The van der Waals surface area contributed by atoms with Crippen molar-refractivity contribution >= 4 is 0 Å². The lowest BCUT2D eigenvalue weighted by molar-refractivity contribution is 0.129. The second-order valence-electron chi connectivity index (χ2n) is 6.77. The summed E-state index contributed by atoms with van der Waals surface area (Å²) in [6.07, 6.45) is 7.42. The van der Waals surface area contributed by atoms with Crippen LogP contribution < -0.4 is 5.73 Å². The SMILES string of the molecule is CCCCOCCCc1ccc([C@@H]2CC[C@](N)(CO)C2)cc1. The van der Waals surface area contributed by atoms with Gasteiger partial charge in [-0.15, -0.1) is 0 Å². The zero-order chi connectivity index (χ0) is 15.8. The van der Waals surface area contributed by atoms with Crippen LogP contribution in [0.25, 0.3) is 0 Å². The summed E-state index contributed by atoms with van der Waals surface area (Å²) in [6, 6.07) is 8.94. The van der Waals surface area contributed by atoms with Gasteiger partial charge in [0.05, 0.1) is 6.61 Å². The predicted molar refractivity (Wildman–Crippen MR) is 91.1 cm³/mol. The van der Waals surface area contributed by atoms with E-state index < -0.39 is 0 Å². The third kappa shape index (κ3) is 5.08.